The van der Waals surface area contributed by atoms with Crippen LogP contribution in [0.1, 0.15) is 27.2 Å². The molecular formula is C6H13O2S-. The van der Waals surface area contributed by atoms with Crippen molar-refractivity contribution < 1.29 is 8.76 Å². The van der Waals surface area contributed by atoms with Gasteiger partial charge in [-0.15, -0.1) is 0 Å². The van der Waals surface area contributed by atoms with Gasteiger partial charge in [-0.1, -0.05) is 38.3 Å². The van der Waals surface area contributed by atoms with Crippen molar-refractivity contribution in [3.8, 4) is 0 Å². The first kappa shape index (κ1) is 9.11. The Morgan fingerprint density at radius 2 is 2.00 bits per heavy atom. The van der Waals surface area contributed by atoms with Gasteiger partial charge in [0.25, 0.3) is 0 Å². The topological polar surface area (TPSA) is 40.1 Å². The molecule has 0 aliphatic carbocycles. The van der Waals surface area contributed by atoms with Gasteiger partial charge >= 0.3 is 0 Å². The van der Waals surface area contributed by atoms with Crippen LogP contribution in [0.4, 0.5) is 0 Å². The highest BCUT2D eigenvalue weighted by molar-refractivity contribution is 7.79. The molecule has 0 bridgehead atoms. The fourth-order valence-electron chi connectivity index (χ4n) is 0.421. The van der Waals surface area contributed by atoms with Crippen LogP contribution >= 0.6 is 0 Å². The summed E-state index contributed by atoms with van der Waals surface area (Å²) < 4.78 is 20.3. The van der Waals surface area contributed by atoms with Crippen LogP contribution in [0.2, 0.25) is 0 Å². The second-order valence-electron chi connectivity index (χ2n) is 2.97. The van der Waals surface area contributed by atoms with Crippen LogP contribution in [0.25, 0.3) is 0 Å². The Bertz CT molecular complexity index is 110. The lowest BCUT2D eigenvalue weighted by molar-refractivity contribution is 0.390. The van der Waals surface area contributed by atoms with Crippen molar-refractivity contribution in [2.24, 2.45) is 5.41 Å². The second kappa shape index (κ2) is 3.32. The summed E-state index contributed by atoms with van der Waals surface area (Å²) in [6.07, 6.45) is 0.904. The van der Waals surface area contributed by atoms with Crippen molar-refractivity contribution in [3.63, 3.8) is 0 Å². The van der Waals surface area contributed by atoms with E-state index in [2.05, 4.69) is 0 Å². The average molecular weight is 149 g/mol. The molecule has 1 atom stereocenters. The first-order chi connectivity index (χ1) is 3.98. The zero-order valence-electron chi connectivity index (χ0n) is 6.14. The standard InChI is InChI=1S/C6H14O2S/c1-4-6(2,3)5-9(7)8/h4-5H2,1-3H3,(H,7,8)/p-1. The van der Waals surface area contributed by atoms with Gasteiger partial charge in [0, 0.05) is 5.75 Å². The predicted molar refractivity (Wildman–Crippen MR) is 37.9 cm³/mol. The molecule has 0 N–H and O–H groups in total. The molecule has 0 heterocycles. The van der Waals surface area contributed by atoms with Gasteiger partial charge in [0.2, 0.25) is 0 Å². The molecule has 0 aliphatic rings. The highest BCUT2D eigenvalue weighted by atomic mass is 32.2. The molecule has 3 heteroatoms. The summed E-state index contributed by atoms with van der Waals surface area (Å²) in [7, 11) is 0. The predicted octanol–water partition coefficient (Wildman–Crippen LogP) is 1.30. The van der Waals surface area contributed by atoms with Gasteiger partial charge in [0.15, 0.2) is 0 Å². The third kappa shape index (κ3) is 4.60. The van der Waals surface area contributed by atoms with Crippen molar-refractivity contribution in [1.29, 1.82) is 0 Å². The molecule has 9 heavy (non-hydrogen) atoms. The quantitative estimate of drug-likeness (QED) is 0.567. The fraction of sp³-hybridized carbons (Fsp3) is 1.00. The van der Waals surface area contributed by atoms with Crippen LogP contribution in [0, 0.1) is 5.41 Å². The SMILES string of the molecule is CCC(C)(C)CS(=O)[O-]. The molecule has 0 amide bonds. The van der Waals surface area contributed by atoms with E-state index < -0.39 is 11.1 Å². The Hall–Kier alpha value is 0.110. The van der Waals surface area contributed by atoms with E-state index in [9.17, 15) is 8.76 Å². The Balaban J connectivity index is 3.71. The maximum absolute atomic E-state index is 10.2. The molecule has 0 saturated carbocycles. The Kier molecular flexibility index (Phi) is 3.36. The van der Waals surface area contributed by atoms with Crippen LogP contribution in [0.5, 0.6) is 0 Å². The molecule has 0 radical (unpaired) electrons. The highest BCUT2D eigenvalue weighted by Crippen LogP contribution is 2.19. The summed E-state index contributed by atoms with van der Waals surface area (Å²) in [4.78, 5) is 0. The lowest BCUT2D eigenvalue weighted by Crippen LogP contribution is -2.18. The fourth-order valence-corrected chi connectivity index (χ4v) is 1.26. The molecule has 0 aliphatic heterocycles. The van der Waals surface area contributed by atoms with E-state index in [4.69, 9.17) is 0 Å². The first-order valence-electron chi connectivity index (χ1n) is 3.04. The largest absolute Gasteiger partial charge is 0.772 e. The van der Waals surface area contributed by atoms with Gasteiger partial charge < -0.3 is 4.55 Å². The molecule has 0 rings (SSSR count). The Morgan fingerprint density at radius 3 is 2.11 bits per heavy atom. The lowest BCUT2D eigenvalue weighted by Gasteiger charge is -2.23. The summed E-state index contributed by atoms with van der Waals surface area (Å²) >= 11 is -1.88. The minimum atomic E-state index is -1.88. The van der Waals surface area contributed by atoms with E-state index in [1.165, 1.54) is 0 Å². The van der Waals surface area contributed by atoms with E-state index >= 15 is 0 Å². The molecule has 2 nitrogen and oxygen atoms in total. The highest BCUT2D eigenvalue weighted by Gasteiger charge is 2.14. The van der Waals surface area contributed by atoms with E-state index in [0.29, 0.717) is 0 Å². The van der Waals surface area contributed by atoms with Crippen LogP contribution < -0.4 is 0 Å². The van der Waals surface area contributed by atoms with E-state index in [-0.39, 0.29) is 11.2 Å². The molecule has 0 saturated heterocycles. The van der Waals surface area contributed by atoms with Crippen LogP contribution in [-0.2, 0) is 11.1 Å². The Labute approximate surface area is 58.9 Å². The van der Waals surface area contributed by atoms with Gasteiger partial charge in [-0.05, 0) is 5.41 Å². The smallest absolute Gasteiger partial charge is 0.0153 e. The Morgan fingerprint density at radius 1 is 1.56 bits per heavy atom. The van der Waals surface area contributed by atoms with Crippen molar-refractivity contribution in [2.75, 3.05) is 5.75 Å². The maximum Gasteiger partial charge on any atom is 0.0153 e. The molecule has 0 aromatic heterocycles. The van der Waals surface area contributed by atoms with Crippen LogP contribution in [0.3, 0.4) is 0 Å². The van der Waals surface area contributed by atoms with Crippen LogP contribution in [0.15, 0.2) is 0 Å². The molecule has 0 aromatic carbocycles. The first-order valence-corrected chi connectivity index (χ1v) is 4.28. The normalized spacial score (nSPS) is 15.6. The molecule has 1 unspecified atom stereocenters. The summed E-state index contributed by atoms with van der Waals surface area (Å²) in [6, 6.07) is 0. The van der Waals surface area contributed by atoms with E-state index in [0.717, 1.165) is 6.42 Å². The van der Waals surface area contributed by atoms with Gasteiger partial charge in [0.05, 0.1) is 0 Å². The molecular weight excluding hydrogens is 136 g/mol. The minimum Gasteiger partial charge on any atom is -0.772 e. The van der Waals surface area contributed by atoms with Crippen molar-refractivity contribution >= 4 is 11.1 Å². The second-order valence-corrected chi connectivity index (χ2v) is 3.86. The molecule has 0 fully saturated rings. The summed E-state index contributed by atoms with van der Waals surface area (Å²) in [5.41, 5.74) is -0.0490. The zero-order chi connectivity index (χ0) is 7.49. The van der Waals surface area contributed by atoms with Gasteiger partial charge in [-0.2, -0.15) is 0 Å². The number of hydrogen-bond acceptors (Lipinski definition) is 2. The summed E-state index contributed by atoms with van der Waals surface area (Å²) in [5, 5.41) is 0. The minimum absolute atomic E-state index is 0.0490. The van der Waals surface area contributed by atoms with Gasteiger partial charge in [-0.3, -0.25) is 4.21 Å². The molecule has 56 valence electrons. The van der Waals surface area contributed by atoms with Crippen molar-refractivity contribution in [1.82, 2.24) is 0 Å². The molecule has 0 spiro atoms. The van der Waals surface area contributed by atoms with Crippen molar-refractivity contribution in [2.45, 2.75) is 27.2 Å². The molecule has 0 aromatic rings. The van der Waals surface area contributed by atoms with E-state index in [1.807, 2.05) is 20.8 Å². The monoisotopic (exact) mass is 149 g/mol. The zero-order valence-corrected chi connectivity index (χ0v) is 6.96. The number of hydrogen-bond donors (Lipinski definition) is 0. The van der Waals surface area contributed by atoms with E-state index in [1.54, 1.807) is 0 Å². The lowest BCUT2D eigenvalue weighted by atomic mass is 9.93. The third-order valence-electron chi connectivity index (χ3n) is 1.47. The summed E-state index contributed by atoms with van der Waals surface area (Å²) in [6.45, 7) is 5.89. The van der Waals surface area contributed by atoms with Gasteiger partial charge in [-0.25, -0.2) is 0 Å². The van der Waals surface area contributed by atoms with Gasteiger partial charge in [0.1, 0.15) is 0 Å². The number of rotatable bonds is 3. The average Bonchev–Trinajstić information content (AvgIpc) is 1.63. The summed E-state index contributed by atoms with van der Waals surface area (Å²) in [5.74, 6) is 0.267. The maximum atomic E-state index is 10.2. The third-order valence-corrected chi connectivity index (χ3v) is 2.48. The van der Waals surface area contributed by atoms with Crippen molar-refractivity contribution in [3.05, 3.63) is 0 Å². The van der Waals surface area contributed by atoms with Crippen LogP contribution in [-0.4, -0.2) is 14.5 Å².